The summed E-state index contributed by atoms with van der Waals surface area (Å²) in [5.74, 6) is -5.74. The second-order valence-electron chi connectivity index (χ2n) is 31.6. The van der Waals surface area contributed by atoms with E-state index in [0.717, 1.165) is 77.7 Å². The van der Waals surface area contributed by atoms with Crippen molar-refractivity contribution in [2.45, 2.75) is 99.7 Å². The number of anilines is 4. The number of benzene rings is 4. The van der Waals surface area contributed by atoms with Gasteiger partial charge in [0.1, 0.15) is 64.7 Å². The molecule has 8 aliphatic rings. The summed E-state index contributed by atoms with van der Waals surface area (Å²) in [6, 6.07) is 35.4. The van der Waals surface area contributed by atoms with Crippen molar-refractivity contribution in [3.63, 3.8) is 0 Å². The molecule has 0 saturated heterocycles. The molecule has 125 heavy (non-hydrogen) atoms. The Balaban J connectivity index is 0.000000118. The normalized spacial score (nSPS) is 21.6. The van der Waals surface area contributed by atoms with Crippen molar-refractivity contribution in [2.24, 2.45) is 29.4 Å². The Kier molecular flexibility index (Phi) is 23.4. The van der Waals surface area contributed by atoms with Crippen LogP contribution in [0.2, 0.25) is 0 Å². The molecule has 29 nitrogen and oxygen atoms in total. The van der Waals surface area contributed by atoms with E-state index >= 15 is 0 Å². The maximum Gasteiger partial charge on any atom is 0.359 e. The smallest absolute Gasteiger partial charge is 0.359 e. The number of aromatic carboxylic acids is 1. The molecule has 37 heteroatoms. The number of pyridine rings is 4. The van der Waals surface area contributed by atoms with Crippen LogP contribution in [0.25, 0.3) is 0 Å². The zero-order valence-corrected chi connectivity index (χ0v) is 67.0. The molecular formula is C88H78F8N20O9. The molecule has 12 heterocycles. The van der Waals surface area contributed by atoms with Gasteiger partial charge >= 0.3 is 5.97 Å². The summed E-state index contributed by atoms with van der Waals surface area (Å²) in [6.07, 6.45) is 14.2. The molecule has 4 saturated carbocycles. The van der Waals surface area contributed by atoms with Crippen molar-refractivity contribution in [1.29, 1.82) is 0 Å². The molecular weight excluding hydrogens is 1630 g/mol. The van der Waals surface area contributed by atoms with E-state index in [2.05, 4.69) is 62.3 Å². The number of fused-ring (bicyclic) bond motifs is 12. The quantitative estimate of drug-likeness (QED) is 0.0596. The number of aromatic nitrogens is 12. The highest BCUT2D eigenvalue weighted by atomic mass is 19.2. The predicted molar refractivity (Wildman–Crippen MR) is 433 cm³/mol. The number of rotatable bonds is 15. The number of hydrogen-bond acceptors (Lipinski definition) is 17. The summed E-state index contributed by atoms with van der Waals surface area (Å²) in [5.41, 5.74) is 11.1. The number of carboxylic acids is 1. The molecule has 12 atom stereocenters. The SMILES string of the molecule is CN1C(=O)[C@@H](N)[C@H]2C[C@H]2c2cccnc21.CN1C(=O)[C@@H](NC(=O)c2nn(Cc3ccc(F)cc3)cc2F)[C@@H]2C[C@@H]2c2cccnc21.CN1C(=O)[C@@H](NC(=O)c2nn(Cc3ccc(F)cc3)cc2F)[C@H]2C[C@H]2c2cccnc21.CN1C(=O)[C@@H](NC(=O)c2nn(Cc3ccc(F)cc3)cc2F)[C@H]2C[C@H]2c2cccnc21.O=C(O)c1nn(Cc2ccc(F)cc2)cc1F. The molecule has 0 radical (unpaired) electrons. The van der Waals surface area contributed by atoms with Crippen molar-refractivity contribution in [2.75, 3.05) is 47.8 Å². The molecule has 12 aromatic rings. The molecule has 7 amide bonds. The first kappa shape index (κ1) is 84.1. The lowest BCUT2D eigenvalue weighted by molar-refractivity contribution is -0.121. The molecule has 0 spiro atoms. The summed E-state index contributed by atoms with van der Waals surface area (Å²) >= 11 is 0. The van der Waals surface area contributed by atoms with Crippen LogP contribution in [0.4, 0.5) is 58.4 Å². The second kappa shape index (κ2) is 34.8. The van der Waals surface area contributed by atoms with Crippen molar-refractivity contribution < 1.29 is 78.6 Å². The van der Waals surface area contributed by atoms with E-state index in [1.54, 1.807) is 94.3 Å². The minimum Gasteiger partial charge on any atom is -0.476 e. The summed E-state index contributed by atoms with van der Waals surface area (Å²) in [6.45, 7) is 0.730. The summed E-state index contributed by atoms with van der Waals surface area (Å²) in [5, 5.41) is 32.4. The van der Waals surface area contributed by atoms with Crippen LogP contribution in [0.5, 0.6) is 0 Å². The van der Waals surface area contributed by atoms with Gasteiger partial charge < -0.3 is 26.8 Å². The second-order valence-corrected chi connectivity index (χ2v) is 31.6. The third kappa shape index (κ3) is 17.9. The number of hydrogen-bond donors (Lipinski definition) is 5. The van der Waals surface area contributed by atoms with Crippen molar-refractivity contribution in [1.82, 2.24) is 75.0 Å². The fraction of sp³-hybridized carbons (Fsp3) is 0.273. The number of nitrogens with one attached hydrogen (secondary N) is 3. The Morgan fingerprint density at radius 2 is 0.584 bits per heavy atom. The zero-order chi connectivity index (χ0) is 88.1. The summed E-state index contributed by atoms with van der Waals surface area (Å²) in [4.78, 5) is 123. The van der Waals surface area contributed by atoms with Gasteiger partial charge in [0.2, 0.25) is 11.6 Å². The van der Waals surface area contributed by atoms with E-state index < -0.39 is 70.8 Å². The zero-order valence-electron chi connectivity index (χ0n) is 67.0. The van der Waals surface area contributed by atoms with Crippen molar-refractivity contribution >= 4 is 70.6 Å². The minimum atomic E-state index is -1.42. The van der Waals surface area contributed by atoms with Crippen LogP contribution in [0.15, 0.2) is 195 Å². The van der Waals surface area contributed by atoms with E-state index in [9.17, 15) is 73.5 Å². The Morgan fingerprint density at radius 3 is 0.840 bits per heavy atom. The number of nitrogens with zero attached hydrogens (tertiary/aromatic N) is 16. The van der Waals surface area contributed by atoms with Crippen LogP contribution in [-0.4, -0.2) is 164 Å². The first-order chi connectivity index (χ1) is 60.0. The number of carboxylic acid groups (broad SMARTS) is 1. The van der Waals surface area contributed by atoms with Gasteiger partial charge in [-0.15, -0.1) is 0 Å². The van der Waals surface area contributed by atoms with Crippen molar-refractivity contribution in [3.05, 3.63) is 309 Å². The monoisotopic (exact) mass is 1710 g/mol. The lowest BCUT2D eigenvalue weighted by Crippen LogP contribution is -2.48. The third-order valence-electron chi connectivity index (χ3n) is 23.3. The van der Waals surface area contributed by atoms with Gasteiger partial charge in [0.25, 0.3) is 35.4 Å². The number of amides is 7. The van der Waals surface area contributed by atoms with Gasteiger partial charge in [-0.05, 0) is 190 Å². The van der Waals surface area contributed by atoms with Gasteiger partial charge in [-0.2, -0.15) is 20.4 Å². The largest absolute Gasteiger partial charge is 0.476 e. The van der Waals surface area contributed by atoms with Crippen LogP contribution in [-0.2, 0) is 45.4 Å². The Morgan fingerprint density at radius 1 is 0.352 bits per heavy atom. The van der Waals surface area contributed by atoms with Gasteiger partial charge in [0, 0.05) is 53.0 Å². The average Bonchev–Trinajstić information content (AvgIpc) is 1.60. The fourth-order valence-electron chi connectivity index (χ4n) is 16.5. The molecule has 0 bridgehead atoms. The predicted octanol–water partition coefficient (Wildman–Crippen LogP) is 9.85. The van der Waals surface area contributed by atoms with Crippen LogP contribution in [0.3, 0.4) is 0 Å². The van der Waals surface area contributed by atoms with Gasteiger partial charge in [-0.25, -0.2) is 59.9 Å². The van der Waals surface area contributed by atoms with Gasteiger partial charge in [-0.1, -0.05) is 72.8 Å². The Bertz CT molecular complexity index is 5730. The molecule has 0 unspecified atom stereocenters. The maximum atomic E-state index is 14.4. The standard InChI is InChI=1S/3C22H19F2N5O2.C11H8F2N2O2.C11H13N3O/c3*1-28-20-14(3-2-8-25-20)15-9-16(15)18(22(28)31)26-21(30)19-17(24)11-29(27-19)10-12-4-6-13(23)7-5-12;12-8-3-1-7(2-4-8)5-15-6-9(13)10(14-15)11(16)17;1-14-10-6(3-2-4-13-10)7-5-8(7)9(12)11(14)15/h3*2-8,11,15-16,18H,9-10H2,1H3,(H,26,30);1-4,6H,5H2,(H,16,17);2-4,7-9H,5,12H2,1H3/t15-,16-,18+;2*15-,16-,18-;;7-,8-,9-/m100.0/s1. The Hall–Kier alpha value is -14.5. The van der Waals surface area contributed by atoms with E-state index in [0.29, 0.717) is 51.5 Å². The summed E-state index contributed by atoms with van der Waals surface area (Å²) in [7, 11) is 6.61. The molecule has 6 N–H and O–H groups in total. The molecule has 4 aliphatic carbocycles. The topological polar surface area (TPSA) is 355 Å². The highest BCUT2D eigenvalue weighted by Gasteiger charge is 2.56. The lowest BCUT2D eigenvalue weighted by atomic mass is 10.1. The van der Waals surface area contributed by atoms with E-state index in [4.69, 9.17) is 10.8 Å². The fourth-order valence-corrected chi connectivity index (χ4v) is 16.5. The first-order valence-electron chi connectivity index (χ1n) is 39.7. The first-order valence-corrected chi connectivity index (χ1v) is 39.7. The molecule has 4 aliphatic heterocycles. The molecule has 640 valence electrons. The number of nitrogens with two attached hydrogens (primary N) is 1. The van der Waals surface area contributed by atoms with Gasteiger partial charge in [-0.3, -0.25) is 71.9 Å². The van der Waals surface area contributed by atoms with Crippen LogP contribution in [0, 0.1) is 70.2 Å². The van der Waals surface area contributed by atoms with Crippen LogP contribution >= 0.6 is 0 Å². The number of carbonyl (C=O) groups excluding carboxylic acids is 7. The van der Waals surface area contributed by atoms with E-state index in [1.807, 2.05) is 42.5 Å². The Labute approximate surface area is 706 Å². The lowest BCUT2D eigenvalue weighted by Gasteiger charge is -2.22. The number of carbonyl (C=O) groups is 8. The summed E-state index contributed by atoms with van der Waals surface area (Å²) < 4.78 is 113. The maximum absolute atomic E-state index is 14.4. The third-order valence-corrected chi connectivity index (χ3v) is 23.3. The average molecular weight is 1710 g/mol. The number of halogens is 8. The van der Waals surface area contributed by atoms with Crippen LogP contribution in [0.1, 0.15) is 136 Å². The minimum absolute atomic E-state index is 0.0139. The van der Waals surface area contributed by atoms with Crippen LogP contribution < -0.4 is 41.3 Å². The highest BCUT2D eigenvalue weighted by molar-refractivity contribution is 6.05. The molecule has 4 aromatic carbocycles. The van der Waals surface area contributed by atoms with Crippen molar-refractivity contribution in [3.8, 4) is 0 Å². The molecule has 8 aromatic heterocycles. The highest BCUT2D eigenvalue weighted by Crippen LogP contribution is 2.57. The van der Waals surface area contributed by atoms with E-state index in [1.165, 1.54) is 95.0 Å². The van der Waals surface area contributed by atoms with E-state index in [-0.39, 0.29) is 132 Å². The van der Waals surface area contributed by atoms with Gasteiger partial charge in [0.05, 0.1) is 57.0 Å². The molecule has 4 fully saturated rings. The molecule has 20 rings (SSSR count). The van der Waals surface area contributed by atoms with Gasteiger partial charge in [0.15, 0.2) is 40.4 Å². The number of likely N-dealkylation sites (N-methyl/N-ethyl adjacent to an activating group) is 4.